The van der Waals surface area contributed by atoms with Crippen LogP contribution in [0.4, 0.5) is 0 Å². The van der Waals surface area contributed by atoms with Gasteiger partial charge >= 0.3 is 0 Å². The predicted octanol–water partition coefficient (Wildman–Crippen LogP) is 1.02. The third kappa shape index (κ3) is 10.5. The molecule has 18 valence electrons. The molecule has 0 aromatic carbocycles. The molecule has 0 aromatic heterocycles. The van der Waals surface area contributed by atoms with Gasteiger partial charge in [-0.15, -0.1) is 0 Å². The van der Waals surface area contributed by atoms with Gasteiger partial charge in [0.1, 0.15) is 0 Å². The molecule has 0 radical (unpaired) electrons. The van der Waals surface area contributed by atoms with Crippen molar-refractivity contribution in [1.29, 1.82) is 0 Å². The summed E-state index contributed by atoms with van der Waals surface area (Å²) in [7, 11) is 0. The van der Waals surface area contributed by atoms with Gasteiger partial charge in [-0.2, -0.15) is 0 Å². The van der Waals surface area contributed by atoms with Crippen molar-refractivity contribution < 1.29 is 39.0 Å². The monoisotopic (exact) mass is 158 g/mol. The van der Waals surface area contributed by atoms with Gasteiger partial charge in [-0.3, -0.25) is 0 Å². The van der Waals surface area contributed by atoms with Crippen LogP contribution in [0.5, 0.6) is 0 Å². The minimum absolute atomic E-state index is 0. The van der Waals surface area contributed by atoms with Gasteiger partial charge in [0.15, 0.2) is 0 Å². The summed E-state index contributed by atoms with van der Waals surface area (Å²) >= 11 is 0. The first-order chi connectivity index (χ1) is 1.00. The summed E-state index contributed by atoms with van der Waals surface area (Å²) in [5, 5.41) is 0. The van der Waals surface area contributed by atoms with Crippen LogP contribution in [-0.4, -0.2) is 0 Å². The first kappa shape index (κ1) is 18.7. The van der Waals surface area contributed by atoms with Crippen LogP contribution in [0.1, 0.15) is 13.8 Å². The van der Waals surface area contributed by atoms with E-state index in [1.807, 2.05) is 13.8 Å². The van der Waals surface area contributed by atoms with Crippen molar-refractivity contribution in [3.63, 3.8) is 0 Å². The zero-order valence-electron chi connectivity index (χ0n) is 3.41. The van der Waals surface area contributed by atoms with E-state index < -0.39 is 0 Å². The van der Waals surface area contributed by atoms with Crippen molar-refractivity contribution in [2.24, 2.45) is 0 Å². The molecule has 4 heavy (non-hydrogen) atoms. The quantitative estimate of drug-likeness (QED) is 0.465. The van der Waals surface area contributed by atoms with Crippen molar-refractivity contribution in [2.45, 2.75) is 13.8 Å². The van der Waals surface area contributed by atoms with Crippen LogP contribution < -0.4 is 0 Å². The van der Waals surface area contributed by atoms with Crippen molar-refractivity contribution in [2.75, 3.05) is 0 Å². The number of hydrogen-bond acceptors (Lipinski definition) is 0. The van der Waals surface area contributed by atoms with E-state index in [4.69, 9.17) is 0 Å². The van der Waals surface area contributed by atoms with Gasteiger partial charge in [0.05, 0.1) is 0 Å². The zero-order chi connectivity index (χ0) is 2.00. The Bertz CT molecular complexity index is 4.00. The van der Waals surface area contributed by atoms with Crippen LogP contribution in [0, 0.1) is 0 Å². The van der Waals surface area contributed by atoms with Crippen LogP contribution in [0.25, 0.3) is 0 Å². The standard InChI is InChI=1S/C2H6.2Zn/c1-2;;/h1-2H3;;. The molecule has 0 aliphatic heterocycles. The predicted molar refractivity (Wildman–Crippen MR) is 11.3 cm³/mol. The Balaban J connectivity index is -0.00000000500. The third-order valence-corrected chi connectivity index (χ3v) is 0. The molecule has 0 atom stereocenters. The first-order valence-corrected chi connectivity index (χ1v) is 1.00. The van der Waals surface area contributed by atoms with E-state index in [0.717, 1.165) is 0 Å². The molecule has 0 fully saturated rings. The molecule has 0 N–H and O–H groups in total. The van der Waals surface area contributed by atoms with Crippen LogP contribution in [-0.2, 0) is 39.0 Å². The molecule has 0 saturated heterocycles. The molecule has 0 unspecified atom stereocenters. The molecule has 0 nitrogen and oxygen atoms in total. The fraction of sp³-hybridized carbons (Fsp3) is 1.00. The number of hydrogen-bond donors (Lipinski definition) is 0. The molecule has 0 rings (SSSR count). The van der Waals surface area contributed by atoms with Gasteiger partial charge in [-0.05, 0) is 0 Å². The van der Waals surface area contributed by atoms with Crippen LogP contribution in [0.15, 0.2) is 0 Å². The van der Waals surface area contributed by atoms with E-state index >= 15 is 0 Å². The van der Waals surface area contributed by atoms with E-state index in [2.05, 4.69) is 0 Å². The van der Waals surface area contributed by atoms with E-state index in [1.165, 1.54) is 0 Å². The van der Waals surface area contributed by atoms with E-state index in [0.29, 0.717) is 0 Å². The Kier molecular flexibility index (Phi) is 135. The molecule has 0 aliphatic carbocycles. The second-order valence-electron chi connectivity index (χ2n) is 0. The topological polar surface area (TPSA) is 0 Å². The third-order valence-electron chi connectivity index (χ3n) is 0. The number of rotatable bonds is 0. The Hall–Kier alpha value is 1.25. The van der Waals surface area contributed by atoms with Gasteiger partial charge in [0.25, 0.3) is 0 Å². The summed E-state index contributed by atoms with van der Waals surface area (Å²) in [6, 6.07) is 0. The molecular weight excluding hydrogens is 155 g/mol. The van der Waals surface area contributed by atoms with E-state index in [-0.39, 0.29) is 39.0 Å². The SMILES string of the molecule is CC.[Zn].[Zn]. The summed E-state index contributed by atoms with van der Waals surface area (Å²) in [4.78, 5) is 0. The Morgan fingerprint density at radius 1 is 0.750 bits per heavy atom. The van der Waals surface area contributed by atoms with Gasteiger partial charge in [0.2, 0.25) is 0 Å². The molecular formula is C2H6Zn2. The van der Waals surface area contributed by atoms with Crippen molar-refractivity contribution >= 4 is 0 Å². The second kappa shape index (κ2) is 28.8. The largest absolute Gasteiger partial charge is 0.0683 e. The fourth-order valence-electron chi connectivity index (χ4n) is 0. The average molecular weight is 161 g/mol. The second-order valence-corrected chi connectivity index (χ2v) is 0. The molecule has 0 saturated carbocycles. The van der Waals surface area contributed by atoms with Crippen molar-refractivity contribution in [3.05, 3.63) is 0 Å². The minimum Gasteiger partial charge on any atom is -0.0683 e. The first-order valence-electron chi connectivity index (χ1n) is 1.00. The molecule has 0 heterocycles. The smallest absolute Gasteiger partial charge is 0 e. The Labute approximate surface area is 52.9 Å². The van der Waals surface area contributed by atoms with Crippen LogP contribution in [0.2, 0.25) is 0 Å². The fourth-order valence-corrected chi connectivity index (χ4v) is 0. The maximum Gasteiger partial charge on any atom is 0 e. The van der Waals surface area contributed by atoms with Gasteiger partial charge in [0, 0.05) is 39.0 Å². The Morgan fingerprint density at radius 2 is 0.750 bits per heavy atom. The van der Waals surface area contributed by atoms with E-state index in [1.54, 1.807) is 0 Å². The van der Waals surface area contributed by atoms with Gasteiger partial charge in [-0.1, -0.05) is 13.8 Å². The summed E-state index contributed by atoms with van der Waals surface area (Å²) in [6.07, 6.45) is 0. The van der Waals surface area contributed by atoms with Crippen molar-refractivity contribution in [1.82, 2.24) is 0 Å². The maximum atomic E-state index is 2.00. The van der Waals surface area contributed by atoms with Crippen LogP contribution >= 0.6 is 0 Å². The minimum atomic E-state index is 0. The maximum absolute atomic E-state index is 2.00. The average Bonchev–Trinajstić information content (AvgIpc) is 1.00. The van der Waals surface area contributed by atoms with Crippen LogP contribution in [0.3, 0.4) is 0 Å². The normalized spacial score (nSPS) is 1.50. The molecule has 0 amide bonds. The molecule has 0 aromatic rings. The summed E-state index contributed by atoms with van der Waals surface area (Å²) in [5.41, 5.74) is 0. The molecule has 2 heteroatoms. The molecule has 0 aliphatic rings. The van der Waals surface area contributed by atoms with Crippen molar-refractivity contribution in [3.8, 4) is 0 Å². The summed E-state index contributed by atoms with van der Waals surface area (Å²) in [5.74, 6) is 0. The van der Waals surface area contributed by atoms with Gasteiger partial charge < -0.3 is 0 Å². The molecule has 0 spiro atoms. The van der Waals surface area contributed by atoms with E-state index in [9.17, 15) is 0 Å². The summed E-state index contributed by atoms with van der Waals surface area (Å²) < 4.78 is 0. The molecule has 0 bridgehead atoms. The summed E-state index contributed by atoms with van der Waals surface area (Å²) in [6.45, 7) is 4.00. The van der Waals surface area contributed by atoms with Gasteiger partial charge in [-0.25, -0.2) is 0 Å². The zero-order valence-corrected chi connectivity index (χ0v) is 9.35. The Morgan fingerprint density at radius 3 is 0.750 bits per heavy atom.